The average molecular weight is 167 g/mol. The highest BCUT2D eigenvalue weighted by molar-refractivity contribution is 6.10. The molecule has 0 bridgehead atoms. The quantitative estimate of drug-likeness (QED) is 0.334. The summed E-state index contributed by atoms with van der Waals surface area (Å²) in [5.41, 5.74) is -0.162. The Morgan fingerprint density at radius 3 is 2.67 bits per heavy atom. The summed E-state index contributed by atoms with van der Waals surface area (Å²) in [4.78, 5) is 31.7. The molecule has 5 nitrogen and oxygen atoms in total. The van der Waals surface area contributed by atoms with E-state index in [9.17, 15) is 14.4 Å². The van der Waals surface area contributed by atoms with E-state index in [1.165, 1.54) is 0 Å². The highest BCUT2D eigenvalue weighted by Crippen LogP contribution is 2.03. The van der Waals surface area contributed by atoms with Crippen molar-refractivity contribution in [3.8, 4) is 0 Å². The lowest BCUT2D eigenvalue weighted by atomic mass is 10.4. The zero-order valence-corrected chi connectivity index (χ0v) is 5.99. The molecule has 0 saturated heterocycles. The molecule has 0 fully saturated rings. The van der Waals surface area contributed by atoms with Crippen molar-refractivity contribution >= 4 is 17.8 Å². The van der Waals surface area contributed by atoms with E-state index in [1.807, 2.05) is 0 Å². The third-order valence-electron chi connectivity index (χ3n) is 1.12. The largest absolute Gasteiger partial charge is 0.385 e. The van der Waals surface area contributed by atoms with E-state index in [0.29, 0.717) is 0 Å². The maximum Gasteiger partial charge on any atom is 0.362 e. The molecule has 1 aliphatic heterocycles. The van der Waals surface area contributed by atoms with Gasteiger partial charge in [-0.2, -0.15) is 0 Å². The van der Waals surface area contributed by atoms with Crippen LogP contribution >= 0.6 is 0 Å². The van der Waals surface area contributed by atoms with Crippen molar-refractivity contribution in [1.29, 1.82) is 0 Å². The highest BCUT2D eigenvalue weighted by Gasteiger charge is 2.24. The lowest BCUT2D eigenvalue weighted by Crippen LogP contribution is -2.23. The average Bonchev–Trinajstić information content (AvgIpc) is 2.30. The van der Waals surface area contributed by atoms with E-state index in [4.69, 9.17) is 0 Å². The number of hydrogen-bond donors (Lipinski definition) is 1. The number of cyclic esters (lactones) is 2. The molecule has 12 heavy (non-hydrogen) atoms. The Morgan fingerprint density at radius 2 is 2.25 bits per heavy atom. The first-order valence-corrected chi connectivity index (χ1v) is 3.04. The smallest absolute Gasteiger partial charge is 0.362 e. The molecule has 1 amide bonds. The van der Waals surface area contributed by atoms with E-state index in [-0.39, 0.29) is 5.70 Å². The molecular formula is C7H5NO4. The second-order valence-corrected chi connectivity index (χ2v) is 1.96. The van der Waals surface area contributed by atoms with E-state index in [2.05, 4.69) is 16.6 Å². The van der Waals surface area contributed by atoms with Gasteiger partial charge in [-0.1, -0.05) is 6.58 Å². The van der Waals surface area contributed by atoms with Crippen LogP contribution in [0.5, 0.6) is 0 Å². The summed E-state index contributed by atoms with van der Waals surface area (Å²) in [6.45, 7) is 3.17. The van der Waals surface area contributed by atoms with Crippen LogP contribution in [0.3, 0.4) is 0 Å². The molecule has 5 heteroatoms. The third-order valence-corrected chi connectivity index (χ3v) is 1.12. The molecule has 0 radical (unpaired) electrons. The van der Waals surface area contributed by atoms with Crippen LogP contribution in [0.15, 0.2) is 24.4 Å². The van der Waals surface area contributed by atoms with Gasteiger partial charge in [0.2, 0.25) is 5.91 Å². The fourth-order valence-corrected chi connectivity index (χ4v) is 0.623. The number of carbonyl (C=O) groups excluding carboxylic acids is 3. The molecule has 0 atom stereocenters. The molecule has 0 spiro atoms. The van der Waals surface area contributed by atoms with Crippen molar-refractivity contribution < 1.29 is 19.1 Å². The van der Waals surface area contributed by atoms with Gasteiger partial charge in [0.15, 0.2) is 0 Å². The number of nitrogens with one attached hydrogen (secondary N) is 1. The molecule has 1 N–H and O–H groups in total. The van der Waals surface area contributed by atoms with Crippen molar-refractivity contribution in [2.45, 2.75) is 0 Å². The Morgan fingerprint density at radius 1 is 1.58 bits per heavy atom. The van der Waals surface area contributed by atoms with Crippen molar-refractivity contribution in [2.24, 2.45) is 0 Å². The maximum atomic E-state index is 10.7. The van der Waals surface area contributed by atoms with E-state index < -0.39 is 17.8 Å². The zero-order chi connectivity index (χ0) is 9.14. The Balaban J connectivity index is 2.70. The van der Waals surface area contributed by atoms with Gasteiger partial charge in [0, 0.05) is 0 Å². The second-order valence-electron chi connectivity index (χ2n) is 1.96. The Bertz CT molecular complexity index is 303. The molecule has 0 aliphatic carbocycles. The minimum absolute atomic E-state index is 0.162. The zero-order valence-electron chi connectivity index (χ0n) is 5.99. The minimum atomic E-state index is -0.852. The van der Waals surface area contributed by atoms with Crippen molar-refractivity contribution in [1.82, 2.24) is 5.32 Å². The summed E-state index contributed by atoms with van der Waals surface area (Å²) in [7, 11) is 0. The van der Waals surface area contributed by atoms with Gasteiger partial charge in [-0.3, -0.25) is 4.79 Å². The van der Waals surface area contributed by atoms with Gasteiger partial charge < -0.3 is 10.1 Å². The summed E-state index contributed by atoms with van der Waals surface area (Å²) in [6.07, 6.45) is 1.89. The normalized spacial score (nSPS) is 15.2. The molecule has 62 valence electrons. The topological polar surface area (TPSA) is 72.5 Å². The predicted octanol–water partition coefficient (Wildman–Crippen LogP) is -0.744. The first kappa shape index (κ1) is 8.19. The molecule has 0 aromatic carbocycles. The SMILES string of the molecule is C=CC(=O)NC1=CC(=O)OC1=O. The van der Waals surface area contributed by atoms with Gasteiger partial charge in [0.25, 0.3) is 0 Å². The third kappa shape index (κ3) is 1.57. The van der Waals surface area contributed by atoms with Crippen molar-refractivity contribution in [3.63, 3.8) is 0 Å². The van der Waals surface area contributed by atoms with Crippen LogP contribution < -0.4 is 5.32 Å². The number of carbonyl (C=O) groups is 3. The molecule has 0 aromatic rings. The van der Waals surface area contributed by atoms with E-state index in [1.54, 1.807) is 0 Å². The fourth-order valence-electron chi connectivity index (χ4n) is 0.623. The van der Waals surface area contributed by atoms with Crippen LogP contribution in [0.1, 0.15) is 0 Å². The van der Waals surface area contributed by atoms with Gasteiger partial charge in [-0.05, 0) is 6.08 Å². The molecular weight excluding hydrogens is 162 g/mol. The van der Waals surface area contributed by atoms with Crippen LogP contribution in [-0.2, 0) is 19.1 Å². The van der Waals surface area contributed by atoms with Crippen LogP contribution in [-0.4, -0.2) is 17.8 Å². The standard InChI is InChI=1S/C7H5NO4/c1-2-5(9)8-4-3-6(10)12-7(4)11/h2-3H,1H2,(H,8,9). The Labute approximate surface area is 67.7 Å². The maximum absolute atomic E-state index is 10.7. The van der Waals surface area contributed by atoms with Crippen molar-refractivity contribution in [2.75, 3.05) is 0 Å². The van der Waals surface area contributed by atoms with Gasteiger partial charge in [0.1, 0.15) is 5.70 Å². The summed E-state index contributed by atoms with van der Waals surface area (Å²) in [5.74, 6) is -2.19. The van der Waals surface area contributed by atoms with Gasteiger partial charge in [0.05, 0.1) is 6.08 Å². The fraction of sp³-hybridized carbons (Fsp3) is 0. The monoisotopic (exact) mass is 167 g/mol. The first-order chi connectivity index (χ1) is 5.63. The summed E-state index contributed by atoms with van der Waals surface area (Å²) in [6, 6.07) is 0. The molecule has 0 aromatic heterocycles. The van der Waals surface area contributed by atoms with Crippen LogP contribution in [0.2, 0.25) is 0 Å². The molecule has 1 aliphatic rings. The Hall–Kier alpha value is -1.91. The predicted molar refractivity (Wildman–Crippen MR) is 37.5 cm³/mol. The number of ether oxygens (including phenoxy) is 1. The molecule has 1 heterocycles. The summed E-state index contributed by atoms with van der Waals surface area (Å²) >= 11 is 0. The van der Waals surface area contributed by atoms with E-state index in [0.717, 1.165) is 12.2 Å². The lowest BCUT2D eigenvalue weighted by molar-refractivity contribution is -0.151. The number of amides is 1. The number of hydrogen-bond acceptors (Lipinski definition) is 4. The lowest BCUT2D eigenvalue weighted by Gasteiger charge is -1.96. The molecule has 0 saturated carbocycles. The summed E-state index contributed by atoms with van der Waals surface area (Å²) < 4.78 is 4.10. The van der Waals surface area contributed by atoms with Crippen LogP contribution in [0.25, 0.3) is 0 Å². The molecule has 0 unspecified atom stereocenters. The van der Waals surface area contributed by atoms with Crippen molar-refractivity contribution in [3.05, 3.63) is 24.4 Å². The molecule has 1 rings (SSSR count). The number of rotatable bonds is 2. The van der Waals surface area contributed by atoms with Gasteiger partial charge >= 0.3 is 11.9 Å². The number of esters is 2. The van der Waals surface area contributed by atoms with Crippen LogP contribution in [0.4, 0.5) is 0 Å². The van der Waals surface area contributed by atoms with Crippen LogP contribution in [0, 0.1) is 0 Å². The summed E-state index contributed by atoms with van der Waals surface area (Å²) in [5, 5.41) is 2.12. The second kappa shape index (κ2) is 3.00. The van der Waals surface area contributed by atoms with E-state index >= 15 is 0 Å². The first-order valence-electron chi connectivity index (χ1n) is 3.04. The minimum Gasteiger partial charge on any atom is -0.385 e. The highest BCUT2D eigenvalue weighted by atomic mass is 16.6. The van der Waals surface area contributed by atoms with Gasteiger partial charge in [-0.15, -0.1) is 0 Å². The Kier molecular flexibility index (Phi) is 2.05. The van der Waals surface area contributed by atoms with Gasteiger partial charge in [-0.25, -0.2) is 9.59 Å².